The molecule has 0 aliphatic carbocycles. The summed E-state index contributed by atoms with van der Waals surface area (Å²) < 4.78 is 25.9. The fourth-order valence-corrected chi connectivity index (χ4v) is 3.54. The van der Waals surface area contributed by atoms with E-state index in [1.807, 2.05) is 30.3 Å². The van der Waals surface area contributed by atoms with Crippen LogP contribution in [0.2, 0.25) is 5.02 Å². The first-order valence-corrected chi connectivity index (χ1v) is 9.35. The monoisotopic (exact) mass is 376 g/mol. The molecule has 0 saturated heterocycles. The Morgan fingerprint density at radius 1 is 1.16 bits per heavy atom. The van der Waals surface area contributed by atoms with E-state index in [-0.39, 0.29) is 11.5 Å². The van der Waals surface area contributed by atoms with Crippen LogP contribution in [0.15, 0.2) is 48.5 Å². The number of carbonyl (C=O) groups is 1. The second kappa shape index (κ2) is 6.75. The van der Waals surface area contributed by atoms with Crippen LogP contribution in [-0.4, -0.2) is 20.1 Å². The van der Waals surface area contributed by atoms with Crippen LogP contribution in [0.1, 0.15) is 30.5 Å². The van der Waals surface area contributed by atoms with Gasteiger partial charge in [-0.1, -0.05) is 48.0 Å². The third kappa shape index (κ3) is 3.54. The normalized spacial score (nSPS) is 17.5. The number of ether oxygens (including phenoxy) is 1. The van der Waals surface area contributed by atoms with Gasteiger partial charge in [0.25, 0.3) is 0 Å². The number of rotatable bonds is 4. The zero-order valence-corrected chi connectivity index (χ0v) is 15.4. The lowest BCUT2D eigenvalue weighted by Crippen LogP contribution is -2.29. The summed E-state index contributed by atoms with van der Waals surface area (Å²) in [6.45, 7) is 3.45. The summed E-state index contributed by atoms with van der Waals surface area (Å²) in [7, 11) is 0. The molecule has 0 amide bonds. The van der Waals surface area contributed by atoms with Crippen LogP contribution in [0.4, 0.5) is 0 Å². The van der Waals surface area contributed by atoms with Gasteiger partial charge in [-0.3, -0.25) is 4.79 Å². The van der Waals surface area contributed by atoms with Crippen molar-refractivity contribution in [3.63, 3.8) is 0 Å². The molecule has 2 aromatic rings. The molecule has 1 atom stereocenters. The smallest absolute Gasteiger partial charge is 0.210 e. The SMILES string of the molecule is CC1(C)OC(c2ccc(CS(=O)O)cc2Cl)=C(c2ccccc2)C1=O. The van der Waals surface area contributed by atoms with Crippen molar-refractivity contribution in [3.05, 3.63) is 70.2 Å². The van der Waals surface area contributed by atoms with Gasteiger partial charge in [-0.05, 0) is 37.1 Å². The number of Topliss-reactive ketones (excluding diaryl/α,β-unsaturated/α-hetero) is 1. The molecule has 130 valence electrons. The molecule has 0 fully saturated rings. The van der Waals surface area contributed by atoms with Gasteiger partial charge >= 0.3 is 0 Å². The van der Waals surface area contributed by atoms with E-state index in [2.05, 4.69) is 0 Å². The molecule has 0 aromatic heterocycles. The van der Waals surface area contributed by atoms with Crippen molar-refractivity contribution in [2.75, 3.05) is 0 Å². The second-order valence-corrected chi connectivity index (χ2v) is 7.63. The predicted octanol–water partition coefficient (Wildman–Crippen LogP) is 4.31. The number of benzene rings is 2. The first-order valence-electron chi connectivity index (χ1n) is 7.69. The van der Waals surface area contributed by atoms with Gasteiger partial charge in [0.1, 0.15) is 5.76 Å². The van der Waals surface area contributed by atoms with Gasteiger partial charge in [-0.15, -0.1) is 0 Å². The van der Waals surface area contributed by atoms with Crippen molar-refractivity contribution in [3.8, 4) is 0 Å². The molecule has 0 bridgehead atoms. The summed E-state index contributed by atoms with van der Waals surface area (Å²) >= 11 is 4.44. The maximum absolute atomic E-state index is 12.8. The highest BCUT2D eigenvalue weighted by Crippen LogP contribution is 2.43. The molecule has 1 aliphatic rings. The molecular formula is C19H17ClO4S. The van der Waals surface area contributed by atoms with Gasteiger partial charge in [0.15, 0.2) is 16.7 Å². The fourth-order valence-electron chi connectivity index (χ4n) is 2.79. The molecule has 1 N–H and O–H groups in total. The van der Waals surface area contributed by atoms with E-state index in [0.29, 0.717) is 27.5 Å². The third-order valence-corrected chi connectivity index (χ3v) is 4.88. The number of hydrogen-bond donors (Lipinski definition) is 1. The number of carbonyl (C=O) groups excluding carboxylic acids is 1. The maximum Gasteiger partial charge on any atom is 0.210 e. The van der Waals surface area contributed by atoms with Crippen LogP contribution in [0.5, 0.6) is 0 Å². The van der Waals surface area contributed by atoms with E-state index in [1.165, 1.54) is 0 Å². The summed E-state index contributed by atoms with van der Waals surface area (Å²) in [6.07, 6.45) is 0. The second-order valence-electron chi connectivity index (χ2n) is 6.29. The lowest BCUT2D eigenvalue weighted by molar-refractivity contribution is -0.125. The van der Waals surface area contributed by atoms with Gasteiger partial charge in [0.05, 0.1) is 16.3 Å². The molecule has 2 aromatic carbocycles. The molecule has 25 heavy (non-hydrogen) atoms. The molecule has 3 rings (SSSR count). The first-order chi connectivity index (χ1) is 11.8. The molecule has 0 spiro atoms. The van der Waals surface area contributed by atoms with Gasteiger partial charge in [0.2, 0.25) is 5.78 Å². The van der Waals surface area contributed by atoms with E-state index in [1.54, 1.807) is 32.0 Å². The highest BCUT2D eigenvalue weighted by atomic mass is 35.5. The topological polar surface area (TPSA) is 63.6 Å². The molecule has 1 unspecified atom stereocenters. The number of halogens is 1. The van der Waals surface area contributed by atoms with Crippen LogP contribution in [0, 0.1) is 0 Å². The van der Waals surface area contributed by atoms with Crippen LogP contribution < -0.4 is 0 Å². The summed E-state index contributed by atoms with van der Waals surface area (Å²) in [4.78, 5) is 12.8. The molecule has 1 aliphatic heterocycles. The van der Waals surface area contributed by atoms with Gasteiger partial charge in [-0.25, -0.2) is 4.21 Å². The predicted molar refractivity (Wildman–Crippen MR) is 99.4 cm³/mol. The molecular weight excluding hydrogens is 360 g/mol. The first kappa shape index (κ1) is 17.9. The van der Waals surface area contributed by atoms with Crippen LogP contribution in [-0.2, 0) is 26.4 Å². The number of hydrogen-bond acceptors (Lipinski definition) is 3. The number of ketones is 1. The summed E-state index contributed by atoms with van der Waals surface area (Å²) in [5.74, 6) is 0.323. The average Bonchev–Trinajstić information content (AvgIpc) is 2.78. The van der Waals surface area contributed by atoms with E-state index in [0.717, 1.165) is 5.56 Å². The Morgan fingerprint density at radius 2 is 1.84 bits per heavy atom. The Labute approximate surface area is 153 Å². The zero-order valence-electron chi connectivity index (χ0n) is 13.8. The zero-order chi connectivity index (χ0) is 18.2. The minimum absolute atomic E-state index is 0.00410. The average molecular weight is 377 g/mol. The van der Waals surface area contributed by atoms with Crippen molar-refractivity contribution < 1.29 is 18.3 Å². The lowest BCUT2D eigenvalue weighted by Gasteiger charge is -2.18. The molecule has 4 nitrogen and oxygen atoms in total. The van der Waals surface area contributed by atoms with E-state index in [4.69, 9.17) is 20.9 Å². The lowest BCUT2D eigenvalue weighted by atomic mass is 9.92. The van der Waals surface area contributed by atoms with Gasteiger partial charge in [-0.2, -0.15) is 0 Å². The summed E-state index contributed by atoms with van der Waals surface area (Å²) in [5, 5.41) is 0.372. The van der Waals surface area contributed by atoms with E-state index >= 15 is 0 Å². The minimum Gasteiger partial charge on any atom is -0.478 e. The standard InChI is InChI=1S/C19H17ClO4S/c1-19(2)18(21)16(13-6-4-3-5-7-13)17(24-19)14-9-8-12(10-15(14)20)11-25(22)23/h3-10H,11H2,1-2H3,(H,22,23). The Hall–Kier alpha value is -1.95. The van der Waals surface area contributed by atoms with E-state index < -0.39 is 16.7 Å². The summed E-state index contributed by atoms with van der Waals surface area (Å²) in [5.41, 5.74) is 1.51. The van der Waals surface area contributed by atoms with Gasteiger partial charge in [0, 0.05) is 5.56 Å². The van der Waals surface area contributed by atoms with E-state index in [9.17, 15) is 9.00 Å². The molecule has 0 saturated carbocycles. The highest BCUT2D eigenvalue weighted by molar-refractivity contribution is 7.78. The highest BCUT2D eigenvalue weighted by Gasteiger charge is 2.43. The van der Waals surface area contributed by atoms with Crippen molar-refractivity contribution >= 4 is 39.8 Å². The molecule has 6 heteroatoms. The van der Waals surface area contributed by atoms with Crippen molar-refractivity contribution in [1.82, 2.24) is 0 Å². The Balaban J connectivity index is 2.14. The fraction of sp³-hybridized carbons (Fsp3) is 0.211. The Morgan fingerprint density at radius 3 is 2.44 bits per heavy atom. The van der Waals surface area contributed by atoms with Crippen molar-refractivity contribution in [2.24, 2.45) is 0 Å². The quantitative estimate of drug-likeness (QED) is 0.807. The largest absolute Gasteiger partial charge is 0.478 e. The van der Waals surface area contributed by atoms with Crippen LogP contribution >= 0.6 is 11.6 Å². The van der Waals surface area contributed by atoms with Crippen molar-refractivity contribution in [1.29, 1.82) is 0 Å². The molecule has 1 heterocycles. The Bertz CT molecular complexity index is 888. The molecule has 0 radical (unpaired) electrons. The Kier molecular flexibility index (Phi) is 4.82. The summed E-state index contributed by atoms with van der Waals surface area (Å²) in [6, 6.07) is 14.4. The van der Waals surface area contributed by atoms with Crippen LogP contribution in [0.25, 0.3) is 11.3 Å². The third-order valence-electron chi connectivity index (χ3n) is 3.99. The van der Waals surface area contributed by atoms with Gasteiger partial charge < -0.3 is 9.29 Å². The minimum atomic E-state index is -1.94. The maximum atomic E-state index is 12.8. The van der Waals surface area contributed by atoms with Crippen molar-refractivity contribution in [2.45, 2.75) is 25.2 Å². The van der Waals surface area contributed by atoms with Crippen LogP contribution in [0.3, 0.4) is 0 Å².